The molecule has 1 atom stereocenters. The summed E-state index contributed by atoms with van der Waals surface area (Å²) in [5.41, 5.74) is 1.16. The number of piperidine rings is 1. The molecule has 0 saturated carbocycles. The maximum atomic E-state index is 8.96. The summed E-state index contributed by atoms with van der Waals surface area (Å²) in [5, 5.41) is 8.96. The first-order valence-electron chi connectivity index (χ1n) is 6.17. The molecule has 4 heteroatoms. The van der Waals surface area contributed by atoms with Crippen molar-refractivity contribution < 1.29 is 0 Å². The number of nitriles is 1. The number of hydrogen-bond donors (Lipinski definition) is 0. The molecule has 90 valence electrons. The Morgan fingerprint density at radius 2 is 2.12 bits per heavy atom. The van der Waals surface area contributed by atoms with E-state index in [1.165, 1.54) is 0 Å². The third-order valence-electron chi connectivity index (χ3n) is 3.21. The molecule has 2 rings (SSSR count). The van der Waals surface area contributed by atoms with Crippen molar-refractivity contribution in [1.82, 2.24) is 9.97 Å². The van der Waals surface area contributed by atoms with Gasteiger partial charge in [-0.25, -0.2) is 9.97 Å². The fraction of sp³-hybridized carbons (Fsp3) is 0.615. The number of anilines is 1. The van der Waals surface area contributed by atoms with Crippen LogP contribution in [0.2, 0.25) is 0 Å². The van der Waals surface area contributed by atoms with Crippen LogP contribution < -0.4 is 4.90 Å². The molecule has 1 aliphatic heterocycles. The Morgan fingerprint density at radius 1 is 1.41 bits per heavy atom. The van der Waals surface area contributed by atoms with Gasteiger partial charge >= 0.3 is 0 Å². The Balaban J connectivity index is 2.09. The standard InChI is InChI=1S/C13H18N4/c1-10(2)12-7-15-13(16-8-12)17-5-3-4-11(6-14)9-17/h7-8,10-11H,3-5,9H2,1-2H3. The first kappa shape index (κ1) is 11.8. The minimum Gasteiger partial charge on any atom is -0.340 e. The van der Waals surface area contributed by atoms with Gasteiger partial charge in [-0.15, -0.1) is 0 Å². The van der Waals surface area contributed by atoms with Crippen LogP contribution in [0.4, 0.5) is 5.95 Å². The van der Waals surface area contributed by atoms with Crippen LogP contribution in [-0.4, -0.2) is 23.1 Å². The van der Waals surface area contributed by atoms with Crippen LogP contribution in [0.3, 0.4) is 0 Å². The molecule has 0 aliphatic carbocycles. The van der Waals surface area contributed by atoms with Crippen molar-refractivity contribution in [2.24, 2.45) is 5.92 Å². The SMILES string of the molecule is CC(C)c1cnc(N2CCCC(C#N)C2)nc1. The Kier molecular flexibility index (Phi) is 3.58. The highest BCUT2D eigenvalue weighted by molar-refractivity contribution is 5.31. The number of rotatable bonds is 2. The highest BCUT2D eigenvalue weighted by Crippen LogP contribution is 2.20. The van der Waals surface area contributed by atoms with E-state index >= 15 is 0 Å². The third kappa shape index (κ3) is 2.73. The van der Waals surface area contributed by atoms with Crippen LogP contribution >= 0.6 is 0 Å². The number of aromatic nitrogens is 2. The summed E-state index contributed by atoms with van der Waals surface area (Å²) in [6, 6.07) is 2.34. The van der Waals surface area contributed by atoms with Crippen molar-refractivity contribution in [3.8, 4) is 6.07 Å². The molecule has 1 saturated heterocycles. The Labute approximate surface area is 102 Å². The minimum atomic E-state index is 0.122. The first-order valence-corrected chi connectivity index (χ1v) is 6.17. The first-order chi connectivity index (χ1) is 8.20. The highest BCUT2D eigenvalue weighted by atomic mass is 15.2. The fourth-order valence-electron chi connectivity index (χ4n) is 2.06. The van der Waals surface area contributed by atoms with Gasteiger partial charge in [0.1, 0.15) is 0 Å². The summed E-state index contributed by atoms with van der Waals surface area (Å²) in [6.45, 7) is 5.98. The molecule has 1 aromatic heterocycles. The van der Waals surface area contributed by atoms with E-state index in [9.17, 15) is 0 Å². The van der Waals surface area contributed by atoms with Gasteiger partial charge in [-0.05, 0) is 24.3 Å². The van der Waals surface area contributed by atoms with Gasteiger partial charge in [-0.2, -0.15) is 5.26 Å². The molecular formula is C13H18N4. The Bertz CT molecular complexity index is 404. The Morgan fingerprint density at radius 3 is 2.71 bits per heavy atom. The van der Waals surface area contributed by atoms with Crippen molar-refractivity contribution in [2.45, 2.75) is 32.6 Å². The average molecular weight is 230 g/mol. The van der Waals surface area contributed by atoms with E-state index < -0.39 is 0 Å². The molecule has 4 nitrogen and oxygen atoms in total. The van der Waals surface area contributed by atoms with Gasteiger partial charge in [0.05, 0.1) is 12.0 Å². The van der Waals surface area contributed by atoms with Crippen LogP contribution in [-0.2, 0) is 0 Å². The second kappa shape index (κ2) is 5.13. The van der Waals surface area contributed by atoms with Gasteiger partial charge in [0, 0.05) is 25.5 Å². The van der Waals surface area contributed by atoms with Crippen LogP contribution in [0.1, 0.15) is 38.2 Å². The van der Waals surface area contributed by atoms with E-state index in [1.54, 1.807) is 0 Å². The van der Waals surface area contributed by atoms with Crippen LogP contribution in [0, 0.1) is 17.2 Å². The lowest BCUT2D eigenvalue weighted by Crippen LogP contribution is -2.36. The average Bonchev–Trinajstić information content (AvgIpc) is 2.39. The molecule has 1 aromatic rings. The van der Waals surface area contributed by atoms with E-state index in [4.69, 9.17) is 5.26 Å². The maximum absolute atomic E-state index is 8.96. The smallest absolute Gasteiger partial charge is 0.225 e. The molecule has 0 N–H and O–H groups in total. The summed E-state index contributed by atoms with van der Waals surface area (Å²) in [5.74, 6) is 1.34. The zero-order valence-electron chi connectivity index (χ0n) is 10.4. The molecule has 17 heavy (non-hydrogen) atoms. The number of nitrogens with zero attached hydrogens (tertiary/aromatic N) is 4. The van der Waals surface area contributed by atoms with Gasteiger partial charge in [0.15, 0.2) is 0 Å². The molecule has 1 fully saturated rings. The predicted octanol–water partition coefficient (Wildman–Crippen LogP) is 2.34. The zero-order valence-corrected chi connectivity index (χ0v) is 10.4. The third-order valence-corrected chi connectivity index (χ3v) is 3.21. The summed E-state index contributed by atoms with van der Waals surface area (Å²) in [6.07, 6.45) is 5.83. The molecule has 2 heterocycles. The maximum Gasteiger partial charge on any atom is 0.225 e. The molecule has 0 spiro atoms. The van der Waals surface area contributed by atoms with Crippen molar-refractivity contribution in [1.29, 1.82) is 5.26 Å². The lowest BCUT2D eigenvalue weighted by Gasteiger charge is -2.29. The van der Waals surface area contributed by atoms with Crippen molar-refractivity contribution in [2.75, 3.05) is 18.0 Å². The van der Waals surface area contributed by atoms with E-state index in [0.717, 1.165) is 37.4 Å². The van der Waals surface area contributed by atoms with Crippen LogP contribution in [0.5, 0.6) is 0 Å². The summed E-state index contributed by atoms with van der Waals surface area (Å²) in [7, 11) is 0. The second-order valence-electron chi connectivity index (χ2n) is 4.89. The summed E-state index contributed by atoms with van der Waals surface area (Å²) in [4.78, 5) is 10.9. The van der Waals surface area contributed by atoms with Gasteiger partial charge in [0.25, 0.3) is 0 Å². The lowest BCUT2D eigenvalue weighted by atomic mass is 10.0. The molecular weight excluding hydrogens is 212 g/mol. The van der Waals surface area contributed by atoms with Gasteiger partial charge in [-0.1, -0.05) is 13.8 Å². The molecule has 0 radical (unpaired) electrons. The van der Waals surface area contributed by atoms with Gasteiger partial charge in [-0.3, -0.25) is 0 Å². The summed E-state index contributed by atoms with van der Waals surface area (Å²) < 4.78 is 0. The molecule has 0 bridgehead atoms. The molecule has 0 amide bonds. The predicted molar refractivity (Wildman–Crippen MR) is 66.7 cm³/mol. The van der Waals surface area contributed by atoms with Crippen LogP contribution in [0.15, 0.2) is 12.4 Å². The largest absolute Gasteiger partial charge is 0.340 e. The van der Waals surface area contributed by atoms with E-state index in [1.807, 2.05) is 12.4 Å². The number of hydrogen-bond acceptors (Lipinski definition) is 4. The monoisotopic (exact) mass is 230 g/mol. The van der Waals surface area contributed by atoms with Crippen molar-refractivity contribution in [3.05, 3.63) is 18.0 Å². The highest BCUT2D eigenvalue weighted by Gasteiger charge is 2.21. The molecule has 0 aromatic carbocycles. The second-order valence-corrected chi connectivity index (χ2v) is 4.89. The van der Waals surface area contributed by atoms with Crippen molar-refractivity contribution >= 4 is 5.95 Å². The summed E-state index contributed by atoms with van der Waals surface area (Å²) >= 11 is 0. The van der Waals surface area contributed by atoms with E-state index in [0.29, 0.717) is 5.92 Å². The molecule has 1 aliphatic rings. The zero-order chi connectivity index (χ0) is 12.3. The fourth-order valence-corrected chi connectivity index (χ4v) is 2.06. The Hall–Kier alpha value is -1.63. The normalized spacial score (nSPS) is 20.4. The lowest BCUT2D eigenvalue weighted by molar-refractivity contribution is 0.487. The van der Waals surface area contributed by atoms with Crippen molar-refractivity contribution in [3.63, 3.8) is 0 Å². The molecule has 1 unspecified atom stereocenters. The van der Waals surface area contributed by atoms with Crippen LogP contribution in [0.25, 0.3) is 0 Å². The minimum absolute atomic E-state index is 0.122. The quantitative estimate of drug-likeness (QED) is 0.782. The topological polar surface area (TPSA) is 52.8 Å². The van der Waals surface area contributed by atoms with Gasteiger partial charge < -0.3 is 4.90 Å². The van der Waals surface area contributed by atoms with Gasteiger partial charge in [0.2, 0.25) is 5.95 Å². The van der Waals surface area contributed by atoms with E-state index in [-0.39, 0.29) is 5.92 Å². The van der Waals surface area contributed by atoms with E-state index in [2.05, 4.69) is 34.8 Å².